The molecular weight excluding hydrogens is 380 g/mol. The lowest BCUT2D eigenvalue weighted by Crippen LogP contribution is -2.52. The van der Waals surface area contributed by atoms with Crippen LogP contribution < -0.4 is 10.6 Å². The van der Waals surface area contributed by atoms with E-state index >= 15 is 0 Å². The first kappa shape index (κ1) is 18.6. The molecule has 1 aromatic heterocycles. The molecule has 0 bridgehead atoms. The number of nitrogens with one attached hydrogen (secondary N) is 2. The standard InChI is InChI=1S/C18H18N6O5/c1-29-18(28)19-7-10-8-24(22-21-10)13-4-2-3-11-12(13)9-23(17(11)27)14-5-6-15(25)20-16(14)26/h2-4,8,14H,5-7,9H2,1H3,(H,19,28)(H,20,25,26). The number of hydrogen-bond donors (Lipinski definition) is 2. The number of alkyl carbamates (subject to hydrolysis) is 1. The number of piperidine rings is 1. The van der Waals surface area contributed by atoms with Gasteiger partial charge in [0, 0.05) is 24.1 Å². The number of imide groups is 1. The third kappa shape index (κ3) is 3.42. The van der Waals surface area contributed by atoms with Gasteiger partial charge in [-0.05, 0) is 18.6 Å². The van der Waals surface area contributed by atoms with Crippen LogP contribution in [-0.2, 0) is 27.4 Å². The molecule has 0 saturated carbocycles. The van der Waals surface area contributed by atoms with E-state index in [2.05, 4.69) is 25.7 Å². The second-order valence-electron chi connectivity index (χ2n) is 6.70. The number of fused-ring (bicyclic) bond motifs is 1. The molecule has 0 spiro atoms. The molecule has 1 atom stereocenters. The molecule has 2 aromatic rings. The van der Waals surface area contributed by atoms with Crippen LogP contribution in [-0.4, -0.2) is 56.9 Å². The van der Waals surface area contributed by atoms with Crippen LogP contribution in [0.1, 0.15) is 34.5 Å². The van der Waals surface area contributed by atoms with E-state index in [-0.39, 0.29) is 31.3 Å². The van der Waals surface area contributed by atoms with Gasteiger partial charge in [-0.25, -0.2) is 9.48 Å². The Labute approximate surface area is 165 Å². The van der Waals surface area contributed by atoms with Gasteiger partial charge in [-0.2, -0.15) is 0 Å². The smallest absolute Gasteiger partial charge is 0.407 e. The summed E-state index contributed by atoms with van der Waals surface area (Å²) in [5.41, 5.74) is 2.37. The van der Waals surface area contributed by atoms with Gasteiger partial charge in [0.15, 0.2) is 0 Å². The van der Waals surface area contributed by atoms with Crippen molar-refractivity contribution in [2.75, 3.05) is 7.11 Å². The third-order valence-corrected chi connectivity index (χ3v) is 4.94. The number of methoxy groups -OCH3 is 1. The quantitative estimate of drug-likeness (QED) is 0.686. The summed E-state index contributed by atoms with van der Waals surface area (Å²) in [6, 6.07) is 4.54. The maximum Gasteiger partial charge on any atom is 0.407 e. The fraction of sp³-hybridized carbons (Fsp3) is 0.333. The molecule has 1 saturated heterocycles. The Kier molecular flexibility index (Phi) is 4.71. The number of aromatic nitrogens is 3. The fourth-order valence-corrected chi connectivity index (χ4v) is 3.52. The molecule has 11 heteroatoms. The molecule has 2 N–H and O–H groups in total. The summed E-state index contributed by atoms with van der Waals surface area (Å²) in [4.78, 5) is 49.2. The summed E-state index contributed by atoms with van der Waals surface area (Å²) in [7, 11) is 1.27. The van der Waals surface area contributed by atoms with E-state index in [9.17, 15) is 19.2 Å². The molecule has 29 heavy (non-hydrogen) atoms. The highest BCUT2D eigenvalue weighted by molar-refractivity contribution is 6.05. The normalized spacial score (nSPS) is 18.4. The van der Waals surface area contributed by atoms with Crippen molar-refractivity contribution < 1.29 is 23.9 Å². The van der Waals surface area contributed by atoms with Gasteiger partial charge in [0.1, 0.15) is 11.7 Å². The average molecular weight is 398 g/mol. The fourth-order valence-electron chi connectivity index (χ4n) is 3.52. The Morgan fingerprint density at radius 3 is 2.93 bits per heavy atom. The van der Waals surface area contributed by atoms with Crippen molar-refractivity contribution >= 4 is 23.8 Å². The Morgan fingerprint density at radius 2 is 2.17 bits per heavy atom. The van der Waals surface area contributed by atoms with Gasteiger partial charge < -0.3 is 15.0 Å². The molecule has 0 radical (unpaired) electrons. The van der Waals surface area contributed by atoms with Crippen LogP contribution in [0.25, 0.3) is 5.69 Å². The minimum Gasteiger partial charge on any atom is -0.453 e. The van der Waals surface area contributed by atoms with E-state index in [1.165, 1.54) is 16.7 Å². The Balaban J connectivity index is 1.58. The Hall–Kier alpha value is -3.76. The van der Waals surface area contributed by atoms with E-state index in [0.29, 0.717) is 23.4 Å². The predicted octanol–water partition coefficient (Wildman–Crippen LogP) is -0.116. The van der Waals surface area contributed by atoms with Crippen molar-refractivity contribution in [3.05, 3.63) is 41.2 Å². The van der Waals surface area contributed by atoms with E-state index in [1.807, 2.05) is 0 Å². The topological polar surface area (TPSA) is 136 Å². The molecule has 11 nitrogen and oxygen atoms in total. The Morgan fingerprint density at radius 1 is 1.34 bits per heavy atom. The summed E-state index contributed by atoms with van der Waals surface area (Å²) < 4.78 is 6.04. The van der Waals surface area contributed by atoms with Crippen LogP contribution in [0.15, 0.2) is 24.4 Å². The molecule has 150 valence electrons. The van der Waals surface area contributed by atoms with Crippen molar-refractivity contribution in [3.63, 3.8) is 0 Å². The van der Waals surface area contributed by atoms with Gasteiger partial charge in [-0.1, -0.05) is 11.3 Å². The number of carbonyl (C=O) groups is 4. The SMILES string of the molecule is COC(=O)NCc1cn(-c2cccc3c2CN(C2CCC(=O)NC2=O)C3=O)nn1. The van der Waals surface area contributed by atoms with Crippen LogP contribution >= 0.6 is 0 Å². The minimum atomic E-state index is -0.684. The lowest BCUT2D eigenvalue weighted by atomic mass is 10.0. The molecule has 3 heterocycles. The molecule has 1 aromatic carbocycles. The lowest BCUT2D eigenvalue weighted by molar-refractivity contribution is -0.136. The van der Waals surface area contributed by atoms with Gasteiger partial charge in [0.2, 0.25) is 11.8 Å². The first-order chi connectivity index (χ1) is 14.0. The summed E-state index contributed by atoms with van der Waals surface area (Å²) in [5.74, 6) is -1.04. The summed E-state index contributed by atoms with van der Waals surface area (Å²) >= 11 is 0. The number of ether oxygens (including phenoxy) is 1. The highest BCUT2D eigenvalue weighted by atomic mass is 16.5. The minimum absolute atomic E-state index is 0.142. The number of amides is 4. The average Bonchev–Trinajstić information content (AvgIpc) is 3.31. The second kappa shape index (κ2) is 7.34. The molecule has 2 aliphatic rings. The molecule has 1 unspecified atom stereocenters. The lowest BCUT2D eigenvalue weighted by Gasteiger charge is -2.29. The number of nitrogens with zero attached hydrogens (tertiary/aromatic N) is 4. The number of carbonyl (C=O) groups excluding carboxylic acids is 4. The molecule has 2 aliphatic heterocycles. The van der Waals surface area contributed by atoms with Crippen molar-refractivity contribution in [1.82, 2.24) is 30.5 Å². The maximum absolute atomic E-state index is 12.9. The van der Waals surface area contributed by atoms with Gasteiger partial charge in [0.05, 0.1) is 25.5 Å². The monoisotopic (exact) mass is 398 g/mol. The van der Waals surface area contributed by atoms with Crippen molar-refractivity contribution in [1.29, 1.82) is 0 Å². The van der Waals surface area contributed by atoms with Crippen LogP contribution in [0.2, 0.25) is 0 Å². The zero-order valence-corrected chi connectivity index (χ0v) is 15.5. The zero-order chi connectivity index (χ0) is 20.5. The molecule has 4 rings (SSSR count). The summed E-state index contributed by atoms with van der Waals surface area (Å²) in [5, 5.41) is 12.9. The van der Waals surface area contributed by atoms with Crippen LogP contribution in [0.5, 0.6) is 0 Å². The highest BCUT2D eigenvalue weighted by Gasteiger charge is 2.40. The second-order valence-corrected chi connectivity index (χ2v) is 6.70. The summed E-state index contributed by atoms with van der Waals surface area (Å²) in [6.45, 7) is 0.370. The highest BCUT2D eigenvalue weighted by Crippen LogP contribution is 2.31. The predicted molar refractivity (Wildman–Crippen MR) is 96.6 cm³/mol. The molecule has 0 aliphatic carbocycles. The van der Waals surface area contributed by atoms with E-state index < -0.39 is 18.0 Å². The van der Waals surface area contributed by atoms with Gasteiger partial charge >= 0.3 is 6.09 Å². The van der Waals surface area contributed by atoms with E-state index in [4.69, 9.17) is 0 Å². The number of rotatable bonds is 4. The molecular formula is C18H18N6O5. The molecule has 4 amide bonds. The maximum atomic E-state index is 12.9. The van der Waals surface area contributed by atoms with Crippen molar-refractivity contribution in [3.8, 4) is 5.69 Å². The van der Waals surface area contributed by atoms with Crippen LogP contribution in [0, 0.1) is 0 Å². The largest absolute Gasteiger partial charge is 0.453 e. The van der Waals surface area contributed by atoms with Crippen LogP contribution in [0.3, 0.4) is 0 Å². The van der Waals surface area contributed by atoms with Gasteiger partial charge in [0.25, 0.3) is 5.91 Å². The van der Waals surface area contributed by atoms with E-state index in [0.717, 1.165) is 5.56 Å². The first-order valence-corrected chi connectivity index (χ1v) is 8.98. The van der Waals surface area contributed by atoms with Crippen molar-refractivity contribution in [2.45, 2.75) is 32.0 Å². The third-order valence-electron chi connectivity index (χ3n) is 4.94. The number of hydrogen-bond acceptors (Lipinski definition) is 7. The van der Waals surface area contributed by atoms with Crippen molar-refractivity contribution in [2.24, 2.45) is 0 Å². The van der Waals surface area contributed by atoms with E-state index in [1.54, 1.807) is 24.4 Å². The first-order valence-electron chi connectivity index (χ1n) is 8.98. The Bertz CT molecular complexity index is 1020. The number of benzene rings is 1. The van der Waals surface area contributed by atoms with Crippen LogP contribution in [0.4, 0.5) is 4.79 Å². The van der Waals surface area contributed by atoms with Gasteiger partial charge in [-0.15, -0.1) is 5.10 Å². The van der Waals surface area contributed by atoms with Gasteiger partial charge in [-0.3, -0.25) is 19.7 Å². The zero-order valence-electron chi connectivity index (χ0n) is 15.5. The molecule has 1 fully saturated rings. The summed E-state index contributed by atoms with van der Waals surface area (Å²) in [6.07, 6.45) is 1.56.